The maximum absolute atomic E-state index is 5.83. The maximum Gasteiger partial charge on any atom is 0.0337 e. The molecule has 0 aliphatic carbocycles. The minimum atomic E-state index is 0.0355. The average molecular weight is 271 g/mol. The Labute approximate surface area is 101 Å². The van der Waals surface area contributed by atoms with Crippen LogP contribution in [0.15, 0.2) is 28.7 Å². The quantitative estimate of drug-likeness (QED) is 0.910. The molecule has 0 fully saturated rings. The van der Waals surface area contributed by atoms with Gasteiger partial charge < -0.3 is 10.6 Å². The van der Waals surface area contributed by atoms with Crippen LogP contribution in [0.25, 0.3) is 0 Å². The third-order valence-electron chi connectivity index (χ3n) is 3.02. The molecule has 0 aliphatic rings. The Balaban J connectivity index is 2.79. The summed E-state index contributed by atoms with van der Waals surface area (Å²) in [5.41, 5.74) is 7.19. The highest BCUT2D eigenvalue weighted by Gasteiger charge is 2.25. The van der Waals surface area contributed by atoms with Gasteiger partial charge in [-0.15, -0.1) is 0 Å². The van der Waals surface area contributed by atoms with Gasteiger partial charge in [0.2, 0.25) is 0 Å². The van der Waals surface area contributed by atoms with Crippen LogP contribution < -0.4 is 5.73 Å². The molecule has 0 saturated carbocycles. The number of nitrogens with two attached hydrogens (primary N) is 1. The first-order valence-corrected chi connectivity index (χ1v) is 5.89. The summed E-state index contributed by atoms with van der Waals surface area (Å²) in [5.74, 6) is 0. The number of rotatable bonds is 4. The van der Waals surface area contributed by atoms with Crippen molar-refractivity contribution in [2.45, 2.75) is 18.9 Å². The van der Waals surface area contributed by atoms with E-state index < -0.39 is 0 Å². The number of benzene rings is 1. The van der Waals surface area contributed by atoms with E-state index in [-0.39, 0.29) is 5.54 Å². The molecule has 1 aromatic rings. The van der Waals surface area contributed by atoms with Gasteiger partial charge in [-0.1, -0.05) is 28.1 Å². The second-order valence-corrected chi connectivity index (χ2v) is 5.31. The van der Waals surface area contributed by atoms with Gasteiger partial charge in [0.1, 0.15) is 0 Å². The van der Waals surface area contributed by atoms with Crippen molar-refractivity contribution in [2.24, 2.45) is 5.73 Å². The van der Waals surface area contributed by atoms with Crippen molar-refractivity contribution >= 4 is 15.9 Å². The van der Waals surface area contributed by atoms with Gasteiger partial charge in [-0.3, -0.25) is 0 Å². The summed E-state index contributed by atoms with van der Waals surface area (Å²) in [5, 5.41) is 0. The molecule has 0 spiro atoms. The molecular weight excluding hydrogens is 252 g/mol. The molecule has 1 aromatic carbocycles. The predicted molar refractivity (Wildman–Crippen MR) is 69.0 cm³/mol. The predicted octanol–water partition coefficient (Wildman–Crippen LogP) is 2.27. The van der Waals surface area contributed by atoms with Crippen LogP contribution in [-0.2, 0) is 6.42 Å². The molecule has 1 rings (SSSR count). The van der Waals surface area contributed by atoms with E-state index in [0.717, 1.165) is 10.9 Å². The first-order valence-electron chi connectivity index (χ1n) is 5.10. The molecule has 0 amide bonds. The van der Waals surface area contributed by atoms with Crippen LogP contribution in [0.2, 0.25) is 0 Å². The smallest absolute Gasteiger partial charge is 0.0337 e. The fourth-order valence-electron chi connectivity index (χ4n) is 1.45. The van der Waals surface area contributed by atoms with Crippen molar-refractivity contribution in [3.05, 3.63) is 34.3 Å². The molecule has 0 aliphatic heterocycles. The number of halogens is 1. The SMILES string of the molecule is CN(C)C(C)(CN)Cc1ccc(Br)cc1. The zero-order valence-electron chi connectivity index (χ0n) is 9.63. The Morgan fingerprint density at radius 3 is 2.20 bits per heavy atom. The lowest BCUT2D eigenvalue weighted by atomic mass is 9.92. The Morgan fingerprint density at radius 2 is 1.80 bits per heavy atom. The molecule has 2 nitrogen and oxygen atoms in total. The summed E-state index contributed by atoms with van der Waals surface area (Å²) >= 11 is 3.44. The second kappa shape index (κ2) is 5.10. The minimum absolute atomic E-state index is 0.0355. The standard InChI is InChI=1S/C12H19BrN2/c1-12(9-14,15(2)3)8-10-4-6-11(13)7-5-10/h4-7H,8-9,14H2,1-3H3. The Morgan fingerprint density at radius 1 is 1.27 bits per heavy atom. The van der Waals surface area contributed by atoms with Gasteiger partial charge in [-0.2, -0.15) is 0 Å². The summed E-state index contributed by atoms with van der Waals surface area (Å²) < 4.78 is 1.12. The molecule has 1 atom stereocenters. The monoisotopic (exact) mass is 270 g/mol. The first kappa shape index (κ1) is 12.7. The highest BCUT2D eigenvalue weighted by atomic mass is 79.9. The summed E-state index contributed by atoms with van der Waals surface area (Å²) in [6, 6.07) is 8.42. The highest BCUT2D eigenvalue weighted by Crippen LogP contribution is 2.19. The summed E-state index contributed by atoms with van der Waals surface area (Å²) in [6.07, 6.45) is 0.976. The molecule has 0 radical (unpaired) electrons. The van der Waals surface area contributed by atoms with Gasteiger partial charge in [0.15, 0.2) is 0 Å². The lowest BCUT2D eigenvalue weighted by molar-refractivity contribution is 0.181. The van der Waals surface area contributed by atoms with Gasteiger partial charge >= 0.3 is 0 Å². The normalized spacial score (nSPS) is 15.3. The fraction of sp³-hybridized carbons (Fsp3) is 0.500. The van der Waals surface area contributed by atoms with Crippen molar-refractivity contribution in [3.8, 4) is 0 Å². The van der Waals surface area contributed by atoms with Gasteiger partial charge in [0.25, 0.3) is 0 Å². The summed E-state index contributed by atoms with van der Waals surface area (Å²) in [6.45, 7) is 2.85. The summed E-state index contributed by atoms with van der Waals surface area (Å²) in [7, 11) is 4.15. The molecule has 84 valence electrons. The highest BCUT2D eigenvalue weighted by molar-refractivity contribution is 9.10. The van der Waals surface area contributed by atoms with Gasteiger partial charge in [0.05, 0.1) is 0 Å². The van der Waals surface area contributed by atoms with Gasteiger partial charge in [-0.25, -0.2) is 0 Å². The van der Waals surface area contributed by atoms with E-state index in [0.29, 0.717) is 6.54 Å². The van der Waals surface area contributed by atoms with Crippen molar-refractivity contribution < 1.29 is 0 Å². The van der Waals surface area contributed by atoms with E-state index in [1.54, 1.807) is 0 Å². The van der Waals surface area contributed by atoms with E-state index in [1.165, 1.54) is 5.56 Å². The Kier molecular flexibility index (Phi) is 4.32. The lowest BCUT2D eigenvalue weighted by Gasteiger charge is -2.35. The molecule has 15 heavy (non-hydrogen) atoms. The fourth-order valence-corrected chi connectivity index (χ4v) is 1.72. The number of nitrogens with zero attached hydrogens (tertiary/aromatic N) is 1. The third-order valence-corrected chi connectivity index (χ3v) is 3.55. The van der Waals surface area contributed by atoms with Crippen LogP contribution in [0.4, 0.5) is 0 Å². The zero-order valence-corrected chi connectivity index (χ0v) is 11.2. The van der Waals surface area contributed by atoms with Crippen molar-refractivity contribution in [3.63, 3.8) is 0 Å². The topological polar surface area (TPSA) is 29.3 Å². The van der Waals surface area contributed by atoms with Crippen LogP contribution in [0, 0.1) is 0 Å². The molecular formula is C12H19BrN2. The van der Waals surface area contributed by atoms with Crippen LogP contribution in [0.3, 0.4) is 0 Å². The lowest BCUT2D eigenvalue weighted by Crippen LogP contribution is -2.49. The van der Waals surface area contributed by atoms with Crippen LogP contribution in [0.5, 0.6) is 0 Å². The summed E-state index contributed by atoms with van der Waals surface area (Å²) in [4.78, 5) is 2.19. The van der Waals surface area contributed by atoms with Crippen molar-refractivity contribution in [2.75, 3.05) is 20.6 Å². The van der Waals surface area contributed by atoms with E-state index in [9.17, 15) is 0 Å². The van der Waals surface area contributed by atoms with Gasteiger partial charge in [-0.05, 0) is 45.1 Å². The van der Waals surface area contributed by atoms with E-state index in [2.05, 4.69) is 66.1 Å². The Bertz CT molecular complexity index is 308. The number of hydrogen-bond acceptors (Lipinski definition) is 2. The van der Waals surface area contributed by atoms with Crippen molar-refractivity contribution in [1.82, 2.24) is 4.90 Å². The molecule has 0 saturated heterocycles. The molecule has 2 N–H and O–H groups in total. The average Bonchev–Trinajstić information content (AvgIpc) is 2.21. The Hall–Kier alpha value is -0.380. The molecule has 0 heterocycles. The number of hydrogen-bond donors (Lipinski definition) is 1. The minimum Gasteiger partial charge on any atom is -0.329 e. The molecule has 3 heteroatoms. The largest absolute Gasteiger partial charge is 0.329 e. The van der Waals surface area contributed by atoms with Crippen LogP contribution in [-0.4, -0.2) is 31.1 Å². The third kappa shape index (κ3) is 3.30. The molecule has 1 unspecified atom stereocenters. The molecule has 0 bridgehead atoms. The maximum atomic E-state index is 5.83. The van der Waals surface area contributed by atoms with Gasteiger partial charge in [0, 0.05) is 16.6 Å². The zero-order chi connectivity index (χ0) is 11.5. The number of likely N-dealkylation sites (N-methyl/N-ethyl adjacent to an activating group) is 1. The van der Waals surface area contributed by atoms with E-state index in [4.69, 9.17) is 5.73 Å². The van der Waals surface area contributed by atoms with E-state index in [1.807, 2.05) is 0 Å². The van der Waals surface area contributed by atoms with Crippen LogP contribution >= 0.6 is 15.9 Å². The van der Waals surface area contributed by atoms with Crippen molar-refractivity contribution in [1.29, 1.82) is 0 Å². The first-order chi connectivity index (χ1) is 6.98. The molecule has 0 aromatic heterocycles. The second-order valence-electron chi connectivity index (χ2n) is 4.40. The van der Waals surface area contributed by atoms with E-state index >= 15 is 0 Å². The van der Waals surface area contributed by atoms with Crippen LogP contribution in [0.1, 0.15) is 12.5 Å².